The summed E-state index contributed by atoms with van der Waals surface area (Å²) in [6.07, 6.45) is 6.70. The number of piperidine rings is 1. The molecule has 0 spiro atoms. The van der Waals surface area contributed by atoms with Gasteiger partial charge in [0.05, 0.1) is 6.33 Å². The number of nitrogens with zero attached hydrogens (tertiary/aromatic N) is 5. The number of aryl methyl sites for hydroxylation is 1. The number of hydrogen-bond acceptors (Lipinski definition) is 7. The van der Waals surface area contributed by atoms with Gasteiger partial charge in [-0.25, -0.2) is 28.1 Å². The predicted molar refractivity (Wildman–Crippen MR) is 109 cm³/mol. The number of anilines is 2. The van der Waals surface area contributed by atoms with E-state index in [-0.39, 0.29) is 17.6 Å². The van der Waals surface area contributed by atoms with Crippen LogP contribution in [0, 0.1) is 6.92 Å². The highest BCUT2D eigenvalue weighted by molar-refractivity contribution is 7.89. The minimum Gasteiger partial charge on any atom is -0.369 e. The average molecular weight is 408 g/mol. The van der Waals surface area contributed by atoms with Crippen LogP contribution in [0.25, 0.3) is 0 Å². The fourth-order valence-corrected chi connectivity index (χ4v) is 4.08. The van der Waals surface area contributed by atoms with Crippen LogP contribution in [0.2, 0.25) is 0 Å². The molecule has 0 bridgehead atoms. The molecule has 1 fully saturated rings. The molecule has 3 heterocycles. The molecule has 1 aliphatic rings. The summed E-state index contributed by atoms with van der Waals surface area (Å²) in [4.78, 5) is 15.2. The van der Waals surface area contributed by atoms with E-state index in [4.69, 9.17) is 0 Å². The maximum absolute atomic E-state index is 12.3. The van der Waals surface area contributed by atoms with Gasteiger partial charge in [-0.3, -0.25) is 0 Å². The van der Waals surface area contributed by atoms with Crippen molar-refractivity contribution in [2.75, 3.05) is 36.4 Å². The van der Waals surface area contributed by atoms with E-state index in [2.05, 4.69) is 29.9 Å². The number of aromatic nitrogens is 4. The lowest BCUT2D eigenvalue weighted by atomic mass is 10.1. The molecule has 3 rings (SSSR count). The van der Waals surface area contributed by atoms with Gasteiger partial charge >= 0.3 is 0 Å². The summed E-state index contributed by atoms with van der Waals surface area (Å²) in [6.45, 7) is 8.48. The van der Waals surface area contributed by atoms with E-state index < -0.39 is 10.0 Å². The van der Waals surface area contributed by atoms with E-state index in [9.17, 15) is 8.42 Å². The highest BCUT2D eigenvalue weighted by atomic mass is 32.2. The van der Waals surface area contributed by atoms with Crippen molar-refractivity contribution in [3.05, 3.63) is 24.4 Å². The van der Waals surface area contributed by atoms with Gasteiger partial charge in [-0.2, -0.15) is 0 Å². The Bertz CT molecular complexity index is 889. The predicted octanol–water partition coefficient (Wildman–Crippen LogP) is 1.94. The van der Waals surface area contributed by atoms with Crippen LogP contribution in [0.5, 0.6) is 0 Å². The van der Waals surface area contributed by atoms with Gasteiger partial charge in [0.1, 0.15) is 17.5 Å². The van der Waals surface area contributed by atoms with Crippen molar-refractivity contribution >= 4 is 21.7 Å². The maximum atomic E-state index is 12.3. The quantitative estimate of drug-likeness (QED) is 0.644. The lowest BCUT2D eigenvalue weighted by Crippen LogP contribution is -2.31. The van der Waals surface area contributed by atoms with Crippen LogP contribution in [0.3, 0.4) is 0 Å². The van der Waals surface area contributed by atoms with Gasteiger partial charge in [0.15, 0.2) is 5.03 Å². The third kappa shape index (κ3) is 5.20. The van der Waals surface area contributed by atoms with E-state index in [0.717, 1.165) is 18.9 Å². The lowest BCUT2D eigenvalue weighted by Gasteiger charge is -2.28. The zero-order chi connectivity index (χ0) is 20.1. The molecule has 28 heavy (non-hydrogen) atoms. The van der Waals surface area contributed by atoms with Crippen LogP contribution in [-0.2, 0) is 10.0 Å². The normalized spacial score (nSPS) is 15.2. The summed E-state index contributed by atoms with van der Waals surface area (Å²) in [5.41, 5.74) is 0. The van der Waals surface area contributed by atoms with Crippen LogP contribution >= 0.6 is 0 Å². The highest BCUT2D eigenvalue weighted by Crippen LogP contribution is 2.20. The first-order valence-electron chi connectivity index (χ1n) is 9.73. The van der Waals surface area contributed by atoms with Crippen molar-refractivity contribution in [1.82, 2.24) is 24.2 Å². The molecule has 1 saturated heterocycles. The Morgan fingerprint density at radius 3 is 2.57 bits per heavy atom. The van der Waals surface area contributed by atoms with Gasteiger partial charge in [-0.1, -0.05) is 0 Å². The number of rotatable bonds is 8. The van der Waals surface area contributed by atoms with Crippen molar-refractivity contribution in [2.24, 2.45) is 0 Å². The molecule has 1 aliphatic heterocycles. The number of nitrogens with one attached hydrogen (secondary N) is 2. The summed E-state index contributed by atoms with van der Waals surface area (Å²) in [6, 6.07) is 2.09. The minimum atomic E-state index is -3.62. The van der Waals surface area contributed by atoms with Gasteiger partial charge in [0.2, 0.25) is 0 Å². The molecule has 0 aromatic carbocycles. The second-order valence-electron chi connectivity index (χ2n) is 7.28. The van der Waals surface area contributed by atoms with E-state index in [0.29, 0.717) is 18.2 Å². The average Bonchev–Trinajstić information content (AvgIpc) is 3.17. The van der Waals surface area contributed by atoms with Crippen molar-refractivity contribution in [1.29, 1.82) is 0 Å². The highest BCUT2D eigenvalue weighted by Gasteiger charge is 2.18. The number of hydrogen-bond donors (Lipinski definition) is 2. The molecule has 2 aromatic rings. The number of imidazole rings is 1. The second kappa shape index (κ2) is 8.87. The smallest absolute Gasteiger partial charge is 0.259 e. The molecular formula is C18H29N7O2S. The molecule has 0 radical (unpaired) electrons. The summed E-state index contributed by atoms with van der Waals surface area (Å²) in [5.74, 6) is 2.33. The molecule has 9 nitrogen and oxygen atoms in total. The van der Waals surface area contributed by atoms with Crippen LogP contribution < -0.4 is 14.9 Å². The molecule has 2 aromatic heterocycles. The minimum absolute atomic E-state index is 0.0338. The van der Waals surface area contributed by atoms with E-state index >= 15 is 0 Å². The van der Waals surface area contributed by atoms with Gasteiger partial charge in [-0.05, 0) is 40.0 Å². The van der Waals surface area contributed by atoms with E-state index in [1.165, 1.54) is 25.6 Å². The fourth-order valence-electron chi connectivity index (χ4n) is 3.12. The Kier molecular flexibility index (Phi) is 6.50. The Hall–Kier alpha value is -2.20. The summed E-state index contributed by atoms with van der Waals surface area (Å²) < 4.78 is 29.0. The van der Waals surface area contributed by atoms with Gasteiger partial charge in [-0.15, -0.1) is 0 Å². The Labute approximate surface area is 166 Å². The van der Waals surface area contributed by atoms with Crippen LogP contribution in [-0.4, -0.2) is 54.1 Å². The SMILES string of the molecule is Cc1nc(NCCNS(=O)(=O)c2cn(C(C)C)cn2)cc(N2CCCCC2)n1. The molecule has 2 N–H and O–H groups in total. The summed E-state index contributed by atoms with van der Waals surface area (Å²) in [7, 11) is -3.62. The van der Waals surface area contributed by atoms with Crippen LogP contribution in [0.15, 0.2) is 23.6 Å². The molecule has 154 valence electrons. The maximum Gasteiger partial charge on any atom is 0.259 e. The van der Waals surface area contributed by atoms with Gasteiger partial charge in [0.25, 0.3) is 10.0 Å². The topological polar surface area (TPSA) is 105 Å². The Balaban J connectivity index is 1.55. The molecule has 10 heteroatoms. The van der Waals surface area contributed by atoms with Crippen molar-refractivity contribution in [2.45, 2.75) is 51.1 Å². The first-order chi connectivity index (χ1) is 13.3. The first-order valence-corrected chi connectivity index (χ1v) is 11.2. The molecule has 0 amide bonds. The third-order valence-electron chi connectivity index (χ3n) is 4.68. The Morgan fingerprint density at radius 1 is 1.14 bits per heavy atom. The molecule has 0 aliphatic carbocycles. The lowest BCUT2D eigenvalue weighted by molar-refractivity contribution is 0.572. The van der Waals surface area contributed by atoms with E-state index in [1.54, 1.807) is 10.8 Å². The molecule has 0 unspecified atom stereocenters. The van der Waals surface area contributed by atoms with Crippen molar-refractivity contribution < 1.29 is 8.42 Å². The largest absolute Gasteiger partial charge is 0.369 e. The molecular weight excluding hydrogens is 378 g/mol. The standard InChI is InChI=1S/C18H29N7O2S/c1-14(2)25-12-18(20-13-25)28(26,27)21-8-7-19-16-11-17(23-15(3)22-16)24-9-5-4-6-10-24/h11-14,21H,4-10H2,1-3H3,(H,19,22,23). The van der Waals surface area contributed by atoms with E-state index in [1.807, 2.05) is 26.8 Å². The second-order valence-corrected chi connectivity index (χ2v) is 9.00. The monoisotopic (exact) mass is 407 g/mol. The molecule has 0 saturated carbocycles. The third-order valence-corrected chi connectivity index (χ3v) is 6.02. The Morgan fingerprint density at radius 2 is 1.89 bits per heavy atom. The van der Waals surface area contributed by atoms with Crippen molar-refractivity contribution in [3.63, 3.8) is 0 Å². The number of sulfonamides is 1. The summed E-state index contributed by atoms with van der Waals surface area (Å²) >= 11 is 0. The zero-order valence-corrected chi connectivity index (χ0v) is 17.5. The molecule has 0 atom stereocenters. The van der Waals surface area contributed by atoms with Crippen LogP contribution in [0.4, 0.5) is 11.6 Å². The zero-order valence-electron chi connectivity index (χ0n) is 16.7. The summed E-state index contributed by atoms with van der Waals surface area (Å²) in [5, 5.41) is 3.22. The van der Waals surface area contributed by atoms with Crippen LogP contribution in [0.1, 0.15) is 45.0 Å². The van der Waals surface area contributed by atoms with Gasteiger partial charge in [0, 0.05) is 44.5 Å². The fraction of sp³-hybridized carbons (Fsp3) is 0.611. The first kappa shape index (κ1) is 20.5. The van der Waals surface area contributed by atoms with Crippen molar-refractivity contribution in [3.8, 4) is 0 Å². The van der Waals surface area contributed by atoms with Gasteiger partial charge < -0.3 is 14.8 Å².